The van der Waals surface area contributed by atoms with Gasteiger partial charge in [0.1, 0.15) is 5.60 Å². The number of hydrogen-bond donors (Lipinski definition) is 2. The molecule has 4 rings (SSSR count). The molecular formula is C18H30N2O3. The Morgan fingerprint density at radius 2 is 1.57 bits per heavy atom. The molecule has 4 fully saturated rings. The molecule has 0 aliphatic heterocycles. The van der Waals surface area contributed by atoms with Gasteiger partial charge in [-0.1, -0.05) is 0 Å². The third-order valence-corrected chi connectivity index (χ3v) is 5.46. The third kappa shape index (κ3) is 4.18. The quantitative estimate of drug-likeness (QED) is 0.836. The van der Waals surface area contributed by atoms with Gasteiger partial charge in [0.25, 0.3) is 0 Å². The standard InChI is InChI=1S/C18H30N2O3/c1-17(2,3)23-16(22)19-5-4-15(21)20-18-9-12-6-13(10-18)8-14(7-12)11-18/h12-14H,4-11H2,1-3H3,(H,19,22)(H,20,21). The lowest BCUT2D eigenvalue weighted by molar-refractivity contribution is -0.126. The van der Waals surface area contributed by atoms with Crippen molar-refractivity contribution in [1.29, 1.82) is 0 Å². The van der Waals surface area contributed by atoms with Crippen molar-refractivity contribution >= 4 is 12.0 Å². The van der Waals surface area contributed by atoms with Gasteiger partial charge in [0.15, 0.2) is 0 Å². The zero-order valence-electron chi connectivity index (χ0n) is 14.6. The summed E-state index contributed by atoms with van der Waals surface area (Å²) in [6.45, 7) is 5.80. The molecule has 5 nitrogen and oxygen atoms in total. The number of carbonyl (C=O) groups excluding carboxylic acids is 2. The molecule has 4 aliphatic rings. The predicted molar refractivity (Wildman–Crippen MR) is 87.9 cm³/mol. The molecule has 0 aromatic heterocycles. The number of hydrogen-bond acceptors (Lipinski definition) is 3. The summed E-state index contributed by atoms with van der Waals surface area (Å²) in [6.07, 6.45) is 7.44. The molecule has 0 spiro atoms. The van der Waals surface area contributed by atoms with Crippen molar-refractivity contribution in [3.8, 4) is 0 Å². The summed E-state index contributed by atoms with van der Waals surface area (Å²) in [6, 6.07) is 0. The van der Waals surface area contributed by atoms with Crippen LogP contribution in [0, 0.1) is 17.8 Å². The van der Waals surface area contributed by atoms with Gasteiger partial charge in [0.05, 0.1) is 0 Å². The van der Waals surface area contributed by atoms with E-state index >= 15 is 0 Å². The first kappa shape index (κ1) is 16.6. The monoisotopic (exact) mass is 322 g/mol. The van der Waals surface area contributed by atoms with E-state index in [1.165, 1.54) is 19.3 Å². The number of carbonyl (C=O) groups is 2. The lowest BCUT2D eigenvalue weighted by atomic mass is 9.53. The van der Waals surface area contributed by atoms with Crippen LogP contribution in [-0.4, -0.2) is 29.7 Å². The van der Waals surface area contributed by atoms with Crippen LogP contribution in [0.3, 0.4) is 0 Å². The summed E-state index contributed by atoms with van der Waals surface area (Å²) in [4.78, 5) is 23.9. The van der Waals surface area contributed by atoms with E-state index < -0.39 is 11.7 Å². The summed E-state index contributed by atoms with van der Waals surface area (Å²) >= 11 is 0. The van der Waals surface area contributed by atoms with Crippen LogP contribution in [0.4, 0.5) is 4.79 Å². The van der Waals surface area contributed by atoms with Crippen molar-refractivity contribution in [2.45, 2.75) is 76.9 Å². The summed E-state index contributed by atoms with van der Waals surface area (Å²) in [7, 11) is 0. The van der Waals surface area contributed by atoms with E-state index in [-0.39, 0.29) is 11.4 Å². The maximum atomic E-state index is 12.3. The lowest BCUT2D eigenvalue weighted by Gasteiger charge is -2.56. The molecule has 0 unspecified atom stereocenters. The van der Waals surface area contributed by atoms with E-state index in [4.69, 9.17) is 4.74 Å². The Kier molecular flexibility index (Phi) is 4.32. The Labute approximate surface area is 138 Å². The molecule has 130 valence electrons. The fourth-order valence-electron chi connectivity index (χ4n) is 5.21. The average molecular weight is 322 g/mol. The first-order valence-corrected chi connectivity index (χ1v) is 9.01. The van der Waals surface area contributed by atoms with E-state index in [0.29, 0.717) is 13.0 Å². The van der Waals surface area contributed by atoms with Gasteiger partial charge in [0.2, 0.25) is 5.91 Å². The fourth-order valence-corrected chi connectivity index (χ4v) is 5.21. The Bertz CT molecular complexity index is 446. The Hall–Kier alpha value is -1.26. The van der Waals surface area contributed by atoms with Crippen LogP contribution in [0.25, 0.3) is 0 Å². The van der Waals surface area contributed by atoms with Crippen LogP contribution in [0.1, 0.15) is 65.7 Å². The second-order valence-corrected chi connectivity index (χ2v) is 8.92. The highest BCUT2D eigenvalue weighted by atomic mass is 16.6. The van der Waals surface area contributed by atoms with Gasteiger partial charge in [-0.2, -0.15) is 0 Å². The topological polar surface area (TPSA) is 67.4 Å². The van der Waals surface area contributed by atoms with Crippen LogP contribution in [0.2, 0.25) is 0 Å². The SMILES string of the molecule is CC(C)(C)OC(=O)NCCC(=O)NC12CC3CC(CC(C3)C1)C2. The van der Waals surface area contributed by atoms with Crippen molar-refractivity contribution in [3.05, 3.63) is 0 Å². The fraction of sp³-hybridized carbons (Fsp3) is 0.889. The van der Waals surface area contributed by atoms with Crippen molar-refractivity contribution in [2.75, 3.05) is 6.54 Å². The van der Waals surface area contributed by atoms with E-state index in [9.17, 15) is 9.59 Å². The predicted octanol–water partition coefficient (Wildman–Crippen LogP) is 2.99. The van der Waals surface area contributed by atoms with Gasteiger partial charge in [-0.3, -0.25) is 4.79 Å². The minimum atomic E-state index is -0.508. The summed E-state index contributed by atoms with van der Waals surface area (Å²) < 4.78 is 5.17. The molecule has 0 aromatic carbocycles. The van der Waals surface area contributed by atoms with E-state index in [1.807, 2.05) is 20.8 Å². The van der Waals surface area contributed by atoms with Gasteiger partial charge >= 0.3 is 6.09 Å². The van der Waals surface area contributed by atoms with E-state index in [1.54, 1.807) is 0 Å². The molecule has 4 aliphatic carbocycles. The van der Waals surface area contributed by atoms with Gasteiger partial charge in [0, 0.05) is 18.5 Å². The molecule has 0 heterocycles. The van der Waals surface area contributed by atoms with Crippen LogP contribution >= 0.6 is 0 Å². The summed E-state index contributed by atoms with van der Waals surface area (Å²) in [5.74, 6) is 2.52. The highest BCUT2D eigenvalue weighted by molar-refractivity contribution is 5.78. The first-order valence-electron chi connectivity index (χ1n) is 9.01. The summed E-state index contributed by atoms with van der Waals surface area (Å²) in [5, 5.41) is 5.97. The Morgan fingerprint density at radius 1 is 1.04 bits per heavy atom. The minimum Gasteiger partial charge on any atom is -0.444 e. The number of amides is 2. The maximum absolute atomic E-state index is 12.3. The molecule has 4 bridgehead atoms. The van der Waals surface area contributed by atoms with Crippen molar-refractivity contribution in [1.82, 2.24) is 10.6 Å². The molecule has 0 atom stereocenters. The van der Waals surface area contributed by atoms with E-state index in [2.05, 4.69) is 10.6 Å². The van der Waals surface area contributed by atoms with Crippen LogP contribution in [-0.2, 0) is 9.53 Å². The molecule has 23 heavy (non-hydrogen) atoms. The molecule has 4 saturated carbocycles. The molecule has 0 aromatic rings. The second kappa shape index (κ2) is 5.99. The number of rotatable bonds is 4. The van der Waals surface area contributed by atoms with Gasteiger partial charge < -0.3 is 15.4 Å². The smallest absolute Gasteiger partial charge is 0.407 e. The number of alkyl carbamates (subject to hydrolysis) is 1. The van der Waals surface area contributed by atoms with Gasteiger partial charge in [-0.25, -0.2) is 4.79 Å². The van der Waals surface area contributed by atoms with Crippen LogP contribution < -0.4 is 10.6 Å². The minimum absolute atomic E-state index is 0.0533. The zero-order valence-corrected chi connectivity index (χ0v) is 14.6. The van der Waals surface area contributed by atoms with Crippen molar-refractivity contribution in [2.24, 2.45) is 17.8 Å². The largest absolute Gasteiger partial charge is 0.444 e. The zero-order chi connectivity index (χ0) is 16.7. The third-order valence-electron chi connectivity index (χ3n) is 5.46. The van der Waals surface area contributed by atoms with Crippen LogP contribution in [0.5, 0.6) is 0 Å². The average Bonchev–Trinajstić information content (AvgIpc) is 2.33. The highest BCUT2D eigenvalue weighted by Crippen LogP contribution is 2.55. The highest BCUT2D eigenvalue weighted by Gasteiger charge is 2.51. The molecule has 5 heteroatoms. The Morgan fingerprint density at radius 3 is 2.04 bits per heavy atom. The maximum Gasteiger partial charge on any atom is 0.407 e. The lowest BCUT2D eigenvalue weighted by Crippen LogP contribution is -2.60. The molecular weight excluding hydrogens is 292 g/mol. The molecule has 2 amide bonds. The Balaban J connectivity index is 1.42. The van der Waals surface area contributed by atoms with Gasteiger partial charge in [-0.05, 0) is 77.0 Å². The first-order chi connectivity index (χ1) is 10.7. The van der Waals surface area contributed by atoms with Crippen molar-refractivity contribution < 1.29 is 14.3 Å². The number of nitrogens with one attached hydrogen (secondary N) is 2. The van der Waals surface area contributed by atoms with Crippen LogP contribution in [0.15, 0.2) is 0 Å². The van der Waals surface area contributed by atoms with E-state index in [0.717, 1.165) is 37.0 Å². The normalized spacial score (nSPS) is 35.0. The molecule has 2 N–H and O–H groups in total. The van der Waals surface area contributed by atoms with Crippen molar-refractivity contribution in [3.63, 3.8) is 0 Å². The summed E-state index contributed by atoms with van der Waals surface area (Å²) in [5.41, 5.74) is -0.455. The molecule has 0 saturated heterocycles. The van der Waals surface area contributed by atoms with Gasteiger partial charge in [-0.15, -0.1) is 0 Å². The second-order valence-electron chi connectivity index (χ2n) is 8.92. The number of ether oxygens (including phenoxy) is 1. The molecule has 0 radical (unpaired) electrons.